The average molecular weight is 416 g/mol. The third-order valence-corrected chi connectivity index (χ3v) is 8.07. The van der Waals surface area contributed by atoms with Gasteiger partial charge in [0, 0.05) is 16.8 Å². The molecule has 4 nitrogen and oxygen atoms in total. The summed E-state index contributed by atoms with van der Waals surface area (Å²) in [6, 6.07) is 11.5. The van der Waals surface area contributed by atoms with Crippen LogP contribution in [0.25, 0.3) is 10.6 Å². The van der Waals surface area contributed by atoms with Gasteiger partial charge in [0.2, 0.25) is 9.84 Å². The lowest BCUT2D eigenvalue weighted by atomic mass is 10.2. The molecule has 3 aromatic rings. The molecule has 0 saturated heterocycles. The number of rotatable bonds is 4. The van der Waals surface area contributed by atoms with E-state index in [4.69, 9.17) is 11.6 Å². The van der Waals surface area contributed by atoms with E-state index < -0.39 is 26.5 Å². The van der Waals surface area contributed by atoms with Gasteiger partial charge in [0.15, 0.2) is 5.03 Å². The summed E-state index contributed by atoms with van der Waals surface area (Å²) in [5, 5.41) is 0.235. The van der Waals surface area contributed by atoms with Gasteiger partial charge in [0.25, 0.3) is 0 Å². The maximum atomic E-state index is 14.0. The lowest BCUT2D eigenvalue weighted by Crippen LogP contribution is -2.05. The zero-order chi connectivity index (χ0) is 18.2. The molecule has 0 aliphatic rings. The second-order valence-electron chi connectivity index (χ2n) is 5.00. The zero-order valence-corrected chi connectivity index (χ0v) is 16.0. The summed E-state index contributed by atoms with van der Waals surface area (Å²) in [6.45, 7) is 0. The molecule has 9 heteroatoms. The van der Waals surface area contributed by atoms with E-state index in [0.717, 1.165) is 11.3 Å². The normalized spacial score (nSPS) is 12.9. The quantitative estimate of drug-likeness (QED) is 0.641. The van der Waals surface area contributed by atoms with Crippen LogP contribution < -0.4 is 0 Å². The first-order chi connectivity index (χ1) is 11.8. The Kier molecular flexibility index (Phi) is 5.06. The number of thiazole rings is 1. The molecule has 0 aliphatic heterocycles. The topological polar surface area (TPSA) is 64.1 Å². The van der Waals surface area contributed by atoms with Crippen molar-refractivity contribution in [3.05, 3.63) is 59.4 Å². The molecule has 130 valence electrons. The van der Waals surface area contributed by atoms with Crippen molar-refractivity contribution in [3.63, 3.8) is 0 Å². The van der Waals surface area contributed by atoms with Crippen molar-refractivity contribution in [2.24, 2.45) is 0 Å². The van der Waals surface area contributed by atoms with E-state index in [2.05, 4.69) is 4.98 Å². The minimum absolute atomic E-state index is 0.0195. The molecule has 1 heterocycles. The van der Waals surface area contributed by atoms with Crippen molar-refractivity contribution in [1.29, 1.82) is 0 Å². The molecule has 2 aromatic carbocycles. The molecule has 25 heavy (non-hydrogen) atoms. The first kappa shape index (κ1) is 18.2. The van der Waals surface area contributed by atoms with Crippen molar-refractivity contribution < 1.29 is 17.0 Å². The lowest BCUT2D eigenvalue weighted by molar-refractivity contribution is 0.590. The maximum absolute atomic E-state index is 14.0. The van der Waals surface area contributed by atoms with Crippen LogP contribution in [0, 0.1) is 5.82 Å². The van der Waals surface area contributed by atoms with Crippen molar-refractivity contribution >= 4 is 43.6 Å². The van der Waals surface area contributed by atoms with Gasteiger partial charge in [0.05, 0.1) is 15.7 Å². The average Bonchev–Trinajstić information content (AvgIpc) is 3.02. The van der Waals surface area contributed by atoms with E-state index in [1.807, 2.05) is 0 Å². The molecule has 0 radical (unpaired) electrons. The van der Waals surface area contributed by atoms with Gasteiger partial charge >= 0.3 is 0 Å². The molecule has 0 spiro atoms. The van der Waals surface area contributed by atoms with Gasteiger partial charge in [-0.15, -0.1) is 11.3 Å². The van der Waals surface area contributed by atoms with E-state index in [1.165, 1.54) is 48.7 Å². The van der Waals surface area contributed by atoms with Crippen LogP contribution in [-0.2, 0) is 20.6 Å². The number of hydrogen-bond acceptors (Lipinski definition) is 5. The van der Waals surface area contributed by atoms with E-state index in [0.29, 0.717) is 5.02 Å². The van der Waals surface area contributed by atoms with Crippen LogP contribution >= 0.6 is 22.9 Å². The second-order valence-corrected chi connectivity index (χ2v) is 9.88. The fourth-order valence-corrected chi connectivity index (χ4v) is 6.31. The number of aromatic nitrogens is 1. The second kappa shape index (κ2) is 6.95. The van der Waals surface area contributed by atoms with Crippen LogP contribution in [0.5, 0.6) is 0 Å². The molecule has 0 amide bonds. The predicted molar refractivity (Wildman–Crippen MR) is 96.7 cm³/mol. The Morgan fingerprint density at radius 2 is 1.76 bits per heavy atom. The Hall–Kier alpha value is -1.61. The molecule has 1 aromatic heterocycles. The summed E-state index contributed by atoms with van der Waals surface area (Å²) in [4.78, 5) is 4.08. The molecule has 0 fully saturated rings. The molecular formula is C16H11ClFNO3S3. The highest BCUT2D eigenvalue weighted by molar-refractivity contribution is 7.93. The molecule has 1 unspecified atom stereocenters. The molecule has 3 rings (SSSR count). The zero-order valence-electron chi connectivity index (χ0n) is 12.8. The predicted octanol–water partition coefficient (Wildman–Crippen LogP) is 4.17. The number of sulfone groups is 1. The van der Waals surface area contributed by atoms with Crippen molar-refractivity contribution in [1.82, 2.24) is 4.98 Å². The summed E-state index contributed by atoms with van der Waals surface area (Å²) in [7, 11) is -5.60. The largest absolute Gasteiger partial charge is 0.254 e. The fraction of sp³-hybridized carbons (Fsp3) is 0.0625. The van der Waals surface area contributed by atoms with Gasteiger partial charge in [0.1, 0.15) is 15.0 Å². The molecule has 0 bridgehead atoms. The molecule has 0 N–H and O–H groups in total. The van der Waals surface area contributed by atoms with Gasteiger partial charge in [-0.05, 0) is 36.4 Å². The summed E-state index contributed by atoms with van der Waals surface area (Å²) in [6.07, 6.45) is 1.36. The van der Waals surface area contributed by atoms with Crippen LogP contribution in [0.4, 0.5) is 4.39 Å². The van der Waals surface area contributed by atoms with Crippen LogP contribution in [0.1, 0.15) is 0 Å². The highest BCUT2D eigenvalue weighted by Crippen LogP contribution is 2.36. The number of hydrogen-bond donors (Lipinski definition) is 0. The number of benzene rings is 2. The van der Waals surface area contributed by atoms with E-state index >= 15 is 0 Å². The summed E-state index contributed by atoms with van der Waals surface area (Å²) < 4.78 is 51.9. The highest BCUT2D eigenvalue weighted by Gasteiger charge is 2.29. The monoisotopic (exact) mass is 415 g/mol. The smallest absolute Gasteiger partial charge is 0.225 e. The molecule has 0 aliphatic carbocycles. The van der Waals surface area contributed by atoms with Gasteiger partial charge in [-0.3, -0.25) is 4.21 Å². The van der Waals surface area contributed by atoms with Gasteiger partial charge in [-0.1, -0.05) is 23.7 Å². The van der Waals surface area contributed by atoms with Gasteiger partial charge in [-0.25, -0.2) is 17.8 Å². The molecular weight excluding hydrogens is 405 g/mol. The number of nitrogens with zero attached hydrogens (tertiary/aromatic N) is 1. The molecule has 1 atom stereocenters. The maximum Gasteiger partial charge on any atom is 0.225 e. The number of halogens is 2. The Balaban J connectivity index is 2.20. The van der Waals surface area contributed by atoms with Crippen LogP contribution in [0.15, 0.2) is 62.7 Å². The van der Waals surface area contributed by atoms with Crippen LogP contribution in [-0.4, -0.2) is 23.9 Å². The van der Waals surface area contributed by atoms with Crippen molar-refractivity contribution in [2.45, 2.75) is 14.1 Å². The van der Waals surface area contributed by atoms with Crippen molar-refractivity contribution in [2.75, 3.05) is 6.26 Å². The van der Waals surface area contributed by atoms with Crippen LogP contribution in [0.3, 0.4) is 0 Å². The van der Waals surface area contributed by atoms with E-state index in [1.54, 1.807) is 6.07 Å². The first-order valence-electron chi connectivity index (χ1n) is 6.90. The summed E-state index contributed by atoms with van der Waals surface area (Å²) in [5.41, 5.74) is 0.164. The van der Waals surface area contributed by atoms with Crippen LogP contribution in [0.2, 0.25) is 5.02 Å². The van der Waals surface area contributed by atoms with E-state index in [-0.39, 0.29) is 24.7 Å². The Morgan fingerprint density at radius 3 is 2.36 bits per heavy atom. The van der Waals surface area contributed by atoms with Crippen molar-refractivity contribution in [3.8, 4) is 10.6 Å². The van der Waals surface area contributed by atoms with Gasteiger partial charge < -0.3 is 0 Å². The summed E-state index contributed by atoms with van der Waals surface area (Å²) >= 11 is 6.70. The standard InChI is InChI=1S/C16H11ClFNO3S3/c1-24(20)16-15(25(21,22)11-8-6-10(17)7-9-11)19-14(23-16)12-4-2-3-5-13(12)18/h2-9H,1H3. The highest BCUT2D eigenvalue weighted by atomic mass is 35.5. The first-order valence-corrected chi connectivity index (χ1v) is 11.1. The lowest BCUT2D eigenvalue weighted by Gasteiger charge is -2.03. The fourth-order valence-electron chi connectivity index (χ4n) is 2.12. The third-order valence-electron chi connectivity index (χ3n) is 3.31. The Labute approximate surface area is 155 Å². The van der Waals surface area contributed by atoms with Gasteiger partial charge in [-0.2, -0.15) is 0 Å². The third kappa shape index (κ3) is 3.52. The summed E-state index contributed by atoms with van der Waals surface area (Å²) in [5.74, 6) is -0.528. The Bertz CT molecular complexity index is 1060. The Morgan fingerprint density at radius 1 is 1.12 bits per heavy atom. The van der Waals surface area contributed by atoms with E-state index in [9.17, 15) is 17.0 Å². The minimum Gasteiger partial charge on any atom is -0.254 e. The molecule has 0 saturated carbocycles. The SMILES string of the molecule is CS(=O)c1sc(-c2ccccc2F)nc1S(=O)(=O)c1ccc(Cl)cc1. The minimum atomic E-state index is -4.01.